The molecule has 0 saturated carbocycles. The topological polar surface area (TPSA) is 59.6 Å². The lowest BCUT2D eigenvalue weighted by Gasteiger charge is -2.20. The molecule has 1 amide bonds. The van der Waals surface area contributed by atoms with Crippen LogP contribution in [0.3, 0.4) is 0 Å². The molecule has 0 spiro atoms. The molecule has 5 heteroatoms. The molecule has 102 valence electrons. The highest BCUT2D eigenvalue weighted by Crippen LogP contribution is 2.05. The minimum Gasteiger partial charge on any atom is -0.444 e. The van der Waals surface area contributed by atoms with Crippen molar-refractivity contribution in [2.75, 3.05) is 26.3 Å². The van der Waals surface area contributed by atoms with E-state index in [1.54, 1.807) is 0 Å². The van der Waals surface area contributed by atoms with Gasteiger partial charge in [-0.05, 0) is 34.6 Å². The van der Waals surface area contributed by atoms with Gasteiger partial charge in [0.15, 0.2) is 0 Å². The first-order valence-electron chi connectivity index (χ1n) is 6.13. The molecular formula is C12H26N2O3. The normalized spacial score (nSPS) is 13.2. The Bertz CT molecular complexity index is 214. The minimum absolute atomic E-state index is 0.287. The molecule has 0 aliphatic heterocycles. The Morgan fingerprint density at radius 2 is 1.94 bits per heavy atom. The van der Waals surface area contributed by atoms with Crippen LogP contribution in [0, 0.1) is 0 Å². The first kappa shape index (κ1) is 16.2. The second-order valence-electron chi connectivity index (χ2n) is 4.94. The molecule has 0 aliphatic rings. The van der Waals surface area contributed by atoms with Crippen LogP contribution >= 0.6 is 0 Å². The number of nitrogens with one attached hydrogen (secondary N) is 2. The van der Waals surface area contributed by atoms with E-state index in [1.807, 2.05) is 34.6 Å². The fourth-order valence-electron chi connectivity index (χ4n) is 1.15. The second kappa shape index (κ2) is 8.31. The number of ether oxygens (including phenoxy) is 2. The summed E-state index contributed by atoms with van der Waals surface area (Å²) in [5.41, 5.74) is -0.445. The van der Waals surface area contributed by atoms with Crippen molar-refractivity contribution in [1.82, 2.24) is 10.6 Å². The molecule has 0 radical (unpaired) electrons. The summed E-state index contributed by atoms with van der Waals surface area (Å²) in [5, 5.41) is 5.93. The van der Waals surface area contributed by atoms with E-state index in [0.717, 1.165) is 6.61 Å². The Kier molecular flexibility index (Phi) is 7.91. The van der Waals surface area contributed by atoms with E-state index >= 15 is 0 Å². The first-order valence-corrected chi connectivity index (χ1v) is 6.13. The van der Waals surface area contributed by atoms with Crippen LogP contribution in [0.1, 0.15) is 34.6 Å². The van der Waals surface area contributed by atoms with E-state index in [0.29, 0.717) is 19.7 Å². The van der Waals surface area contributed by atoms with E-state index in [2.05, 4.69) is 10.6 Å². The number of alkyl carbamates (subject to hydrolysis) is 1. The van der Waals surface area contributed by atoms with Gasteiger partial charge in [-0.15, -0.1) is 0 Å². The van der Waals surface area contributed by atoms with Crippen molar-refractivity contribution in [1.29, 1.82) is 0 Å². The second-order valence-corrected chi connectivity index (χ2v) is 4.94. The molecule has 0 bridgehead atoms. The summed E-state index contributed by atoms with van der Waals surface area (Å²) in [6.45, 7) is 12.2. The largest absolute Gasteiger partial charge is 0.444 e. The third kappa shape index (κ3) is 11.5. The van der Waals surface area contributed by atoms with Gasteiger partial charge in [-0.1, -0.05) is 0 Å². The fraction of sp³-hybridized carbons (Fsp3) is 0.917. The van der Waals surface area contributed by atoms with E-state index in [-0.39, 0.29) is 12.1 Å². The molecule has 0 aliphatic carbocycles. The van der Waals surface area contributed by atoms with Crippen molar-refractivity contribution in [3.63, 3.8) is 0 Å². The number of rotatable bonds is 7. The zero-order valence-corrected chi connectivity index (χ0v) is 11.6. The number of hydrogen-bond acceptors (Lipinski definition) is 4. The van der Waals surface area contributed by atoms with Crippen LogP contribution < -0.4 is 10.6 Å². The summed E-state index contributed by atoms with van der Waals surface area (Å²) in [5.74, 6) is 0. The maximum Gasteiger partial charge on any atom is 0.407 e. The summed E-state index contributed by atoms with van der Waals surface area (Å²) >= 11 is 0. The number of carbonyl (C=O) groups is 1. The van der Waals surface area contributed by atoms with Gasteiger partial charge < -0.3 is 20.1 Å². The number of carbonyl (C=O) groups excluding carboxylic acids is 1. The van der Waals surface area contributed by atoms with Gasteiger partial charge in [-0.25, -0.2) is 4.79 Å². The van der Waals surface area contributed by atoms with Gasteiger partial charge in [0.2, 0.25) is 0 Å². The molecule has 0 aromatic rings. The molecule has 1 atom stereocenters. The maximum atomic E-state index is 11.3. The minimum atomic E-state index is -0.445. The van der Waals surface area contributed by atoms with Crippen LogP contribution in [0.4, 0.5) is 4.79 Å². The quantitative estimate of drug-likeness (QED) is 0.669. The lowest BCUT2D eigenvalue weighted by molar-refractivity contribution is 0.0527. The number of hydrogen-bond donors (Lipinski definition) is 2. The SMILES string of the molecule is CCOCC(C)NCCNC(=O)OC(C)(C)C. The van der Waals surface area contributed by atoms with E-state index in [4.69, 9.17) is 9.47 Å². The van der Waals surface area contributed by atoms with Crippen molar-refractivity contribution in [3.05, 3.63) is 0 Å². The predicted octanol–water partition coefficient (Wildman–Crippen LogP) is 1.53. The smallest absolute Gasteiger partial charge is 0.407 e. The van der Waals surface area contributed by atoms with Gasteiger partial charge in [0.25, 0.3) is 0 Å². The lowest BCUT2D eigenvalue weighted by Crippen LogP contribution is -2.39. The van der Waals surface area contributed by atoms with Crippen LogP contribution in [0.15, 0.2) is 0 Å². The molecule has 5 nitrogen and oxygen atoms in total. The Hall–Kier alpha value is -0.810. The van der Waals surface area contributed by atoms with E-state index < -0.39 is 5.60 Å². The van der Waals surface area contributed by atoms with Gasteiger partial charge >= 0.3 is 6.09 Å². The Morgan fingerprint density at radius 3 is 2.47 bits per heavy atom. The van der Waals surface area contributed by atoms with Crippen molar-refractivity contribution < 1.29 is 14.3 Å². The third-order valence-corrected chi connectivity index (χ3v) is 1.86. The van der Waals surface area contributed by atoms with E-state index in [9.17, 15) is 4.79 Å². The van der Waals surface area contributed by atoms with Crippen LogP contribution in [0.25, 0.3) is 0 Å². The number of amides is 1. The molecule has 0 aromatic carbocycles. The van der Waals surface area contributed by atoms with Crippen LogP contribution in [-0.4, -0.2) is 44.0 Å². The van der Waals surface area contributed by atoms with Crippen molar-refractivity contribution in [3.8, 4) is 0 Å². The fourth-order valence-corrected chi connectivity index (χ4v) is 1.15. The average molecular weight is 246 g/mol. The van der Waals surface area contributed by atoms with Crippen LogP contribution in [-0.2, 0) is 9.47 Å². The Balaban J connectivity index is 3.48. The average Bonchev–Trinajstić information content (AvgIpc) is 2.19. The summed E-state index contributed by atoms with van der Waals surface area (Å²) in [4.78, 5) is 11.3. The summed E-state index contributed by atoms with van der Waals surface area (Å²) in [6, 6.07) is 0.287. The predicted molar refractivity (Wildman–Crippen MR) is 68.2 cm³/mol. The lowest BCUT2D eigenvalue weighted by atomic mass is 10.2. The van der Waals surface area contributed by atoms with Gasteiger partial charge in [-0.2, -0.15) is 0 Å². The van der Waals surface area contributed by atoms with Crippen molar-refractivity contribution >= 4 is 6.09 Å². The molecule has 0 aromatic heterocycles. The molecule has 0 fully saturated rings. The highest BCUT2D eigenvalue weighted by Gasteiger charge is 2.15. The molecule has 1 unspecified atom stereocenters. The molecule has 0 saturated heterocycles. The zero-order valence-electron chi connectivity index (χ0n) is 11.6. The molecule has 2 N–H and O–H groups in total. The van der Waals surface area contributed by atoms with Crippen LogP contribution in [0.2, 0.25) is 0 Å². The third-order valence-electron chi connectivity index (χ3n) is 1.86. The summed E-state index contributed by atoms with van der Waals surface area (Å²) in [6.07, 6.45) is -0.378. The van der Waals surface area contributed by atoms with Gasteiger partial charge in [0, 0.05) is 25.7 Å². The molecular weight excluding hydrogens is 220 g/mol. The summed E-state index contributed by atoms with van der Waals surface area (Å²) in [7, 11) is 0. The molecule has 0 rings (SSSR count). The molecule has 0 heterocycles. The van der Waals surface area contributed by atoms with Gasteiger partial charge in [0.1, 0.15) is 5.60 Å². The van der Waals surface area contributed by atoms with E-state index in [1.165, 1.54) is 0 Å². The van der Waals surface area contributed by atoms with Gasteiger partial charge in [-0.3, -0.25) is 0 Å². The highest BCUT2D eigenvalue weighted by atomic mass is 16.6. The van der Waals surface area contributed by atoms with Gasteiger partial charge in [0.05, 0.1) is 6.61 Å². The van der Waals surface area contributed by atoms with Crippen LogP contribution in [0.5, 0.6) is 0 Å². The summed E-state index contributed by atoms with van der Waals surface area (Å²) < 4.78 is 10.4. The van der Waals surface area contributed by atoms with Crippen molar-refractivity contribution in [2.24, 2.45) is 0 Å². The van der Waals surface area contributed by atoms with Crippen molar-refractivity contribution in [2.45, 2.75) is 46.3 Å². The Morgan fingerprint density at radius 1 is 1.29 bits per heavy atom. The monoisotopic (exact) mass is 246 g/mol. The standard InChI is InChI=1S/C12H26N2O3/c1-6-16-9-10(2)13-7-8-14-11(15)17-12(3,4)5/h10,13H,6-9H2,1-5H3,(H,14,15). The highest BCUT2D eigenvalue weighted by molar-refractivity contribution is 5.67. The zero-order chi connectivity index (χ0) is 13.3. The maximum absolute atomic E-state index is 11.3. The molecule has 17 heavy (non-hydrogen) atoms. The Labute approximate surface area is 104 Å². The first-order chi connectivity index (χ1) is 7.85.